The van der Waals surface area contributed by atoms with Crippen molar-refractivity contribution in [2.45, 2.75) is 26.7 Å². The van der Waals surface area contributed by atoms with Gasteiger partial charge in [0.15, 0.2) is 11.5 Å². The van der Waals surface area contributed by atoms with Crippen molar-refractivity contribution in [2.24, 2.45) is 0 Å². The van der Waals surface area contributed by atoms with E-state index in [2.05, 4.69) is 10.6 Å². The van der Waals surface area contributed by atoms with Gasteiger partial charge in [-0.05, 0) is 56.2 Å². The SMILES string of the molecule is CCCOc1ccc(C(=O)NCCCNC(=O)c2cccc(O)c2)cc1OCC. The molecule has 0 radical (unpaired) electrons. The first-order valence-electron chi connectivity index (χ1n) is 9.80. The van der Waals surface area contributed by atoms with Crippen molar-refractivity contribution in [2.75, 3.05) is 26.3 Å². The molecule has 156 valence electrons. The Balaban J connectivity index is 1.79. The number of hydrogen-bond acceptors (Lipinski definition) is 5. The van der Waals surface area contributed by atoms with Crippen LogP contribution in [0.15, 0.2) is 42.5 Å². The Morgan fingerprint density at radius 2 is 1.59 bits per heavy atom. The highest BCUT2D eigenvalue weighted by Gasteiger charge is 2.11. The quantitative estimate of drug-likeness (QED) is 0.504. The van der Waals surface area contributed by atoms with Crippen molar-refractivity contribution in [3.63, 3.8) is 0 Å². The summed E-state index contributed by atoms with van der Waals surface area (Å²) in [7, 11) is 0. The molecule has 7 heteroatoms. The normalized spacial score (nSPS) is 10.3. The first-order valence-corrected chi connectivity index (χ1v) is 9.80. The molecule has 2 aromatic carbocycles. The highest BCUT2D eigenvalue weighted by Crippen LogP contribution is 2.28. The Kier molecular flexibility index (Phi) is 8.82. The molecule has 0 saturated carbocycles. The van der Waals surface area contributed by atoms with Gasteiger partial charge in [0.05, 0.1) is 13.2 Å². The fourth-order valence-electron chi connectivity index (χ4n) is 2.59. The Labute approximate surface area is 171 Å². The fourth-order valence-corrected chi connectivity index (χ4v) is 2.59. The number of nitrogens with one attached hydrogen (secondary N) is 2. The molecular weight excluding hydrogens is 372 g/mol. The van der Waals surface area contributed by atoms with E-state index in [0.29, 0.717) is 55.4 Å². The molecule has 0 aromatic heterocycles. The van der Waals surface area contributed by atoms with Crippen molar-refractivity contribution >= 4 is 11.8 Å². The van der Waals surface area contributed by atoms with Gasteiger partial charge in [0.2, 0.25) is 0 Å². The van der Waals surface area contributed by atoms with Crippen LogP contribution in [0.5, 0.6) is 17.2 Å². The average Bonchev–Trinajstić information content (AvgIpc) is 2.72. The summed E-state index contributed by atoms with van der Waals surface area (Å²) in [4.78, 5) is 24.3. The second-order valence-corrected chi connectivity index (χ2v) is 6.36. The zero-order chi connectivity index (χ0) is 21.1. The van der Waals surface area contributed by atoms with Crippen LogP contribution in [0.1, 0.15) is 47.4 Å². The molecule has 0 fully saturated rings. The lowest BCUT2D eigenvalue weighted by Crippen LogP contribution is -2.29. The van der Waals surface area contributed by atoms with Crippen LogP contribution in [-0.2, 0) is 0 Å². The average molecular weight is 400 g/mol. The lowest BCUT2D eigenvalue weighted by Gasteiger charge is -2.13. The third-order valence-electron chi connectivity index (χ3n) is 4.00. The molecule has 0 aliphatic heterocycles. The minimum absolute atomic E-state index is 0.0439. The van der Waals surface area contributed by atoms with E-state index in [4.69, 9.17) is 9.47 Å². The van der Waals surface area contributed by atoms with E-state index in [-0.39, 0.29) is 17.6 Å². The summed E-state index contributed by atoms with van der Waals surface area (Å²) in [5, 5.41) is 15.0. The zero-order valence-corrected chi connectivity index (χ0v) is 16.9. The fraction of sp³-hybridized carbons (Fsp3) is 0.364. The predicted molar refractivity (Wildman–Crippen MR) is 111 cm³/mol. The zero-order valence-electron chi connectivity index (χ0n) is 16.9. The number of rotatable bonds is 11. The molecule has 0 aliphatic carbocycles. The molecule has 0 atom stereocenters. The van der Waals surface area contributed by atoms with E-state index in [1.165, 1.54) is 12.1 Å². The maximum Gasteiger partial charge on any atom is 0.251 e. The van der Waals surface area contributed by atoms with Crippen molar-refractivity contribution < 1.29 is 24.2 Å². The van der Waals surface area contributed by atoms with Gasteiger partial charge in [0, 0.05) is 24.2 Å². The summed E-state index contributed by atoms with van der Waals surface area (Å²) >= 11 is 0. The van der Waals surface area contributed by atoms with Gasteiger partial charge in [0.1, 0.15) is 5.75 Å². The largest absolute Gasteiger partial charge is 0.508 e. The number of phenolic OH excluding ortho intramolecular Hbond substituents is 1. The van der Waals surface area contributed by atoms with E-state index in [1.54, 1.807) is 30.3 Å². The van der Waals surface area contributed by atoms with Crippen LogP contribution >= 0.6 is 0 Å². The summed E-state index contributed by atoms with van der Waals surface area (Å²) < 4.78 is 11.2. The van der Waals surface area contributed by atoms with Gasteiger partial charge in [-0.2, -0.15) is 0 Å². The monoisotopic (exact) mass is 400 g/mol. The first kappa shape index (κ1) is 22.1. The topological polar surface area (TPSA) is 96.9 Å². The van der Waals surface area contributed by atoms with Crippen LogP contribution in [0.4, 0.5) is 0 Å². The van der Waals surface area contributed by atoms with E-state index < -0.39 is 0 Å². The molecule has 2 rings (SSSR count). The predicted octanol–water partition coefficient (Wildman–Crippen LogP) is 3.13. The molecule has 2 amide bonds. The van der Waals surface area contributed by atoms with E-state index in [9.17, 15) is 14.7 Å². The number of hydrogen-bond donors (Lipinski definition) is 3. The number of aromatic hydroxyl groups is 1. The van der Waals surface area contributed by atoms with E-state index >= 15 is 0 Å². The third kappa shape index (κ3) is 7.03. The summed E-state index contributed by atoms with van der Waals surface area (Å²) in [5.74, 6) is 0.734. The standard InChI is InChI=1S/C22H28N2O5/c1-3-13-29-19-10-9-17(15-20(19)28-4-2)22(27)24-12-6-11-23-21(26)16-7-5-8-18(25)14-16/h5,7-10,14-15,25H,3-4,6,11-13H2,1-2H3,(H,23,26)(H,24,27). The summed E-state index contributed by atoms with van der Waals surface area (Å²) in [6.07, 6.45) is 1.46. The van der Waals surface area contributed by atoms with Gasteiger partial charge < -0.3 is 25.2 Å². The highest BCUT2D eigenvalue weighted by atomic mass is 16.5. The number of carbonyl (C=O) groups is 2. The van der Waals surface area contributed by atoms with Gasteiger partial charge >= 0.3 is 0 Å². The highest BCUT2D eigenvalue weighted by molar-refractivity contribution is 5.95. The number of benzene rings is 2. The molecule has 0 saturated heterocycles. The van der Waals surface area contributed by atoms with Crippen molar-refractivity contribution in [3.05, 3.63) is 53.6 Å². The second kappa shape index (κ2) is 11.6. The number of phenols is 1. The van der Waals surface area contributed by atoms with Crippen LogP contribution < -0.4 is 20.1 Å². The molecule has 0 unspecified atom stereocenters. The Morgan fingerprint density at radius 3 is 2.21 bits per heavy atom. The van der Waals surface area contributed by atoms with Gasteiger partial charge in [-0.15, -0.1) is 0 Å². The van der Waals surface area contributed by atoms with Crippen LogP contribution in [0.2, 0.25) is 0 Å². The van der Waals surface area contributed by atoms with E-state index in [1.807, 2.05) is 13.8 Å². The minimum Gasteiger partial charge on any atom is -0.508 e. The lowest BCUT2D eigenvalue weighted by molar-refractivity contribution is 0.0951. The molecular formula is C22H28N2O5. The molecule has 0 bridgehead atoms. The number of amides is 2. The van der Waals surface area contributed by atoms with Crippen LogP contribution in [0.25, 0.3) is 0 Å². The lowest BCUT2D eigenvalue weighted by atomic mass is 10.2. The van der Waals surface area contributed by atoms with Crippen LogP contribution in [0.3, 0.4) is 0 Å². The molecule has 7 nitrogen and oxygen atoms in total. The van der Waals surface area contributed by atoms with Crippen LogP contribution in [0, 0.1) is 0 Å². The minimum atomic E-state index is -0.267. The van der Waals surface area contributed by atoms with Gasteiger partial charge in [-0.1, -0.05) is 13.0 Å². The molecule has 0 aliphatic rings. The Bertz CT molecular complexity index is 823. The molecule has 3 N–H and O–H groups in total. The maximum atomic E-state index is 12.4. The summed E-state index contributed by atoms with van der Waals surface area (Å²) in [6.45, 7) is 5.78. The number of ether oxygens (including phenoxy) is 2. The Morgan fingerprint density at radius 1 is 0.897 bits per heavy atom. The molecule has 0 spiro atoms. The molecule has 29 heavy (non-hydrogen) atoms. The van der Waals surface area contributed by atoms with Crippen molar-refractivity contribution in [3.8, 4) is 17.2 Å². The second-order valence-electron chi connectivity index (χ2n) is 6.36. The van der Waals surface area contributed by atoms with Gasteiger partial charge in [0.25, 0.3) is 11.8 Å². The number of carbonyl (C=O) groups excluding carboxylic acids is 2. The maximum absolute atomic E-state index is 12.4. The van der Waals surface area contributed by atoms with Gasteiger partial charge in [-0.3, -0.25) is 9.59 Å². The van der Waals surface area contributed by atoms with E-state index in [0.717, 1.165) is 6.42 Å². The summed E-state index contributed by atoms with van der Waals surface area (Å²) in [5.41, 5.74) is 0.879. The molecule has 0 heterocycles. The Hall–Kier alpha value is -3.22. The first-order chi connectivity index (χ1) is 14.0. The smallest absolute Gasteiger partial charge is 0.251 e. The van der Waals surface area contributed by atoms with Gasteiger partial charge in [-0.25, -0.2) is 0 Å². The van der Waals surface area contributed by atoms with Crippen LogP contribution in [-0.4, -0.2) is 43.2 Å². The summed E-state index contributed by atoms with van der Waals surface area (Å²) in [6, 6.07) is 11.3. The third-order valence-corrected chi connectivity index (χ3v) is 4.00. The van der Waals surface area contributed by atoms with Crippen molar-refractivity contribution in [1.82, 2.24) is 10.6 Å². The van der Waals surface area contributed by atoms with Crippen molar-refractivity contribution in [1.29, 1.82) is 0 Å². The molecule has 2 aromatic rings.